The Morgan fingerprint density at radius 2 is 1.67 bits per heavy atom. The van der Waals surface area contributed by atoms with Crippen molar-refractivity contribution in [1.82, 2.24) is 19.7 Å². The van der Waals surface area contributed by atoms with Crippen molar-refractivity contribution in [1.29, 1.82) is 0 Å². The average molecular weight is 415 g/mol. The second-order valence-corrected chi connectivity index (χ2v) is 8.41. The topological polar surface area (TPSA) is 60.7 Å². The predicted molar refractivity (Wildman–Crippen MR) is 120 cm³/mol. The van der Waals surface area contributed by atoms with Crippen LogP contribution < -0.4 is 0 Å². The van der Waals surface area contributed by atoms with Crippen molar-refractivity contribution >= 4 is 17.5 Å². The van der Waals surface area contributed by atoms with Crippen LogP contribution in [0.4, 0.5) is 0 Å². The van der Waals surface area contributed by atoms with Crippen molar-refractivity contribution in [3.63, 3.8) is 0 Å². The summed E-state index contributed by atoms with van der Waals surface area (Å²) in [5.74, 6) is 0.846. The van der Waals surface area contributed by atoms with E-state index in [4.69, 9.17) is 0 Å². The van der Waals surface area contributed by atoms with Gasteiger partial charge in [-0.25, -0.2) is 0 Å². The highest BCUT2D eigenvalue weighted by molar-refractivity contribution is 8.00. The summed E-state index contributed by atoms with van der Waals surface area (Å²) in [5.41, 5.74) is 3.94. The first-order chi connectivity index (χ1) is 14.6. The number of ketones is 1. The van der Waals surface area contributed by atoms with E-state index in [9.17, 15) is 4.79 Å². The van der Waals surface area contributed by atoms with Crippen LogP contribution in [0.3, 0.4) is 0 Å². The minimum absolute atomic E-state index is 0.0831. The van der Waals surface area contributed by atoms with Gasteiger partial charge in [-0.3, -0.25) is 14.3 Å². The van der Waals surface area contributed by atoms with Gasteiger partial charge < -0.3 is 0 Å². The number of thioether (sulfide) groups is 1. The molecule has 2 aromatic heterocycles. The molecule has 1 atom stereocenters. The lowest BCUT2D eigenvalue weighted by molar-refractivity contribution is 0.0994. The van der Waals surface area contributed by atoms with Gasteiger partial charge in [-0.1, -0.05) is 71.9 Å². The molecule has 150 valence electrons. The van der Waals surface area contributed by atoms with Crippen LogP contribution >= 0.6 is 11.8 Å². The Hall–Kier alpha value is -3.25. The van der Waals surface area contributed by atoms with Crippen LogP contribution in [0.1, 0.15) is 28.4 Å². The number of Topliss-reactive ketones (excluding diaryl/α,β-unsaturated/α-hetero) is 1. The van der Waals surface area contributed by atoms with Crippen molar-refractivity contribution in [2.75, 3.05) is 0 Å². The molecule has 0 fully saturated rings. The molecule has 0 aliphatic rings. The zero-order valence-corrected chi connectivity index (χ0v) is 17.7. The number of rotatable bonds is 7. The number of nitrogens with zero attached hydrogens (tertiary/aromatic N) is 4. The molecule has 0 bridgehead atoms. The summed E-state index contributed by atoms with van der Waals surface area (Å²) < 4.78 is 2.06. The summed E-state index contributed by atoms with van der Waals surface area (Å²) in [6, 6.07) is 21.7. The molecule has 2 heterocycles. The van der Waals surface area contributed by atoms with E-state index >= 15 is 0 Å². The first-order valence-corrected chi connectivity index (χ1v) is 10.6. The molecule has 2 aromatic carbocycles. The largest absolute Gasteiger partial charge is 0.298 e. The summed E-state index contributed by atoms with van der Waals surface area (Å²) in [6.07, 6.45) is 3.49. The molecule has 0 amide bonds. The van der Waals surface area contributed by atoms with Gasteiger partial charge >= 0.3 is 0 Å². The highest BCUT2D eigenvalue weighted by Gasteiger charge is 2.22. The minimum Gasteiger partial charge on any atom is -0.298 e. The molecular formula is C24H22N4OS. The molecule has 0 aliphatic heterocycles. The van der Waals surface area contributed by atoms with Crippen LogP contribution in [0.5, 0.6) is 0 Å². The van der Waals surface area contributed by atoms with E-state index in [1.165, 1.54) is 11.8 Å². The van der Waals surface area contributed by atoms with Crippen molar-refractivity contribution in [3.05, 3.63) is 95.8 Å². The van der Waals surface area contributed by atoms with Gasteiger partial charge in [0.1, 0.15) is 0 Å². The zero-order valence-electron chi connectivity index (χ0n) is 16.9. The van der Waals surface area contributed by atoms with Crippen LogP contribution in [-0.2, 0) is 6.54 Å². The number of pyridine rings is 1. The molecular weight excluding hydrogens is 392 g/mol. The van der Waals surface area contributed by atoms with Crippen LogP contribution in [0.25, 0.3) is 11.4 Å². The van der Waals surface area contributed by atoms with Gasteiger partial charge in [-0.05, 0) is 31.5 Å². The Kier molecular flexibility index (Phi) is 6.05. The normalized spacial score (nSPS) is 11.9. The Labute approximate surface area is 180 Å². The molecule has 30 heavy (non-hydrogen) atoms. The van der Waals surface area contributed by atoms with E-state index in [2.05, 4.69) is 31.9 Å². The monoisotopic (exact) mass is 414 g/mol. The van der Waals surface area contributed by atoms with E-state index in [1.807, 2.05) is 68.4 Å². The molecule has 5 nitrogen and oxygen atoms in total. The fourth-order valence-corrected chi connectivity index (χ4v) is 4.09. The van der Waals surface area contributed by atoms with Crippen molar-refractivity contribution in [2.24, 2.45) is 0 Å². The number of hydrogen-bond donors (Lipinski definition) is 0. The van der Waals surface area contributed by atoms with Crippen molar-refractivity contribution < 1.29 is 4.79 Å². The van der Waals surface area contributed by atoms with Crippen LogP contribution in [0, 0.1) is 6.92 Å². The van der Waals surface area contributed by atoms with E-state index < -0.39 is 0 Å². The highest BCUT2D eigenvalue weighted by atomic mass is 32.2. The Balaban J connectivity index is 1.64. The molecule has 1 unspecified atom stereocenters. The van der Waals surface area contributed by atoms with Crippen molar-refractivity contribution in [2.45, 2.75) is 30.8 Å². The number of aromatic nitrogens is 4. The minimum atomic E-state index is -0.281. The molecule has 6 heteroatoms. The first-order valence-electron chi connectivity index (χ1n) is 9.77. The second kappa shape index (κ2) is 9.05. The summed E-state index contributed by atoms with van der Waals surface area (Å²) in [7, 11) is 0. The summed E-state index contributed by atoms with van der Waals surface area (Å²) in [4.78, 5) is 17.0. The predicted octanol–water partition coefficient (Wildman–Crippen LogP) is 5.06. The number of hydrogen-bond acceptors (Lipinski definition) is 5. The molecule has 0 N–H and O–H groups in total. The Morgan fingerprint density at radius 3 is 2.37 bits per heavy atom. The molecule has 4 rings (SSSR count). The van der Waals surface area contributed by atoms with Gasteiger partial charge in [0.2, 0.25) is 0 Å². The van der Waals surface area contributed by atoms with Gasteiger partial charge in [0, 0.05) is 23.5 Å². The molecule has 0 radical (unpaired) electrons. The quantitative estimate of drug-likeness (QED) is 0.312. The van der Waals surface area contributed by atoms with Gasteiger partial charge in [-0.15, -0.1) is 10.2 Å². The second-order valence-electron chi connectivity index (χ2n) is 7.10. The van der Waals surface area contributed by atoms with E-state index in [1.54, 1.807) is 12.4 Å². The molecule has 4 aromatic rings. The highest BCUT2D eigenvalue weighted by Crippen LogP contribution is 2.29. The smallest absolute Gasteiger partial charge is 0.192 e. The van der Waals surface area contributed by atoms with Gasteiger partial charge in [0.05, 0.1) is 11.8 Å². The van der Waals surface area contributed by atoms with E-state index in [0.717, 1.165) is 27.7 Å². The lowest BCUT2D eigenvalue weighted by atomic mass is 10.1. The number of carbonyl (C=O) groups excluding carboxylic acids is 1. The number of benzene rings is 2. The van der Waals surface area contributed by atoms with Gasteiger partial charge in [0.15, 0.2) is 16.8 Å². The van der Waals surface area contributed by atoms with Crippen LogP contribution in [-0.4, -0.2) is 30.8 Å². The van der Waals surface area contributed by atoms with Gasteiger partial charge in [-0.2, -0.15) is 0 Å². The van der Waals surface area contributed by atoms with Gasteiger partial charge in [0.25, 0.3) is 0 Å². The molecule has 0 saturated carbocycles. The maximum Gasteiger partial charge on any atom is 0.192 e. The third-order valence-electron chi connectivity index (χ3n) is 4.83. The maximum atomic E-state index is 12.9. The fourth-order valence-electron chi connectivity index (χ4n) is 3.16. The first kappa shape index (κ1) is 20.0. The van der Waals surface area contributed by atoms with E-state index in [0.29, 0.717) is 12.1 Å². The fraction of sp³-hybridized carbons (Fsp3) is 0.167. The molecule has 0 aliphatic carbocycles. The third kappa shape index (κ3) is 4.49. The SMILES string of the molecule is Cc1ccc(C(=O)C(C)Sc2nnc(-c3ccncc3)n2Cc2ccccc2)cc1. The summed E-state index contributed by atoms with van der Waals surface area (Å²) >= 11 is 1.44. The average Bonchev–Trinajstić information content (AvgIpc) is 3.17. The Bertz CT molecular complexity index is 1130. The third-order valence-corrected chi connectivity index (χ3v) is 5.91. The molecule has 0 saturated heterocycles. The number of carbonyl (C=O) groups is 1. The molecule has 0 spiro atoms. The van der Waals surface area contributed by atoms with Crippen molar-refractivity contribution in [3.8, 4) is 11.4 Å². The van der Waals surface area contributed by atoms with E-state index in [-0.39, 0.29) is 11.0 Å². The maximum absolute atomic E-state index is 12.9. The lowest BCUT2D eigenvalue weighted by Gasteiger charge is -2.13. The van der Waals surface area contributed by atoms with Crippen LogP contribution in [0.15, 0.2) is 84.3 Å². The number of aryl methyl sites for hydroxylation is 1. The summed E-state index contributed by atoms with van der Waals surface area (Å²) in [6.45, 7) is 4.55. The Morgan fingerprint density at radius 1 is 0.967 bits per heavy atom. The zero-order chi connectivity index (χ0) is 20.9. The lowest BCUT2D eigenvalue weighted by Crippen LogP contribution is -2.15. The standard InChI is InChI=1S/C24H22N4OS/c1-17-8-10-20(11-9-17)22(29)18(2)30-24-27-26-23(21-12-14-25-15-13-21)28(24)16-19-6-4-3-5-7-19/h3-15,18H,16H2,1-2H3. The van der Waals surface area contributed by atoms with Crippen LogP contribution in [0.2, 0.25) is 0 Å². The summed E-state index contributed by atoms with van der Waals surface area (Å²) in [5, 5.41) is 9.29.